The minimum atomic E-state index is -0.335. The molecule has 0 saturated carbocycles. The van der Waals surface area contributed by atoms with Crippen LogP contribution in [0.25, 0.3) is 5.69 Å². The second kappa shape index (κ2) is 9.39. The zero-order chi connectivity index (χ0) is 21.7. The summed E-state index contributed by atoms with van der Waals surface area (Å²) in [5, 5.41) is 4.05. The van der Waals surface area contributed by atoms with Crippen molar-refractivity contribution in [3.63, 3.8) is 0 Å². The number of amides is 1. The monoisotopic (exact) mass is 407 g/mol. The lowest BCUT2D eigenvalue weighted by molar-refractivity contribution is -0.123. The maximum Gasteiger partial charge on any atom is 0.277 e. The zero-order valence-electron chi connectivity index (χ0n) is 17.7. The molecule has 0 aliphatic carbocycles. The number of hydrogen-bond donors (Lipinski definition) is 1. The van der Waals surface area contributed by atoms with E-state index in [0.29, 0.717) is 5.75 Å². The molecule has 3 rings (SSSR count). The van der Waals surface area contributed by atoms with Gasteiger partial charge in [0.05, 0.1) is 6.21 Å². The van der Waals surface area contributed by atoms with E-state index in [-0.39, 0.29) is 18.3 Å². The van der Waals surface area contributed by atoms with Gasteiger partial charge in [-0.05, 0) is 80.8 Å². The van der Waals surface area contributed by atoms with E-state index in [1.165, 1.54) is 17.7 Å². The zero-order valence-corrected chi connectivity index (χ0v) is 17.7. The van der Waals surface area contributed by atoms with Crippen molar-refractivity contribution < 1.29 is 13.9 Å². The van der Waals surface area contributed by atoms with Crippen molar-refractivity contribution in [2.45, 2.75) is 34.1 Å². The van der Waals surface area contributed by atoms with Gasteiger partial charge in [0, 0.05) is 22.6 Å². The molecule has 3 aromatic rings. The molecule has 1 heterocycles. The third kappa shape index (κ3) is 5.14. The van der Waals surface area contributed by atoms with Crippen LogP contribution in [0.3, 0.4) is 0 Å². The lowest BCUT2D eigenvalue weighted by atomic mass is 10.1. The van der Waals surface area contributed by atoms with Crippen molar-refractivity contribution in [1.82, 2.24) is 9.99 Å². The Bertz CT molecular complexity index is 1070. The van der Waals surface area contributed by atoms with Crippen LogP contribution in [0.2, 0.25) is 0 Å². The van der Waals surface area contributed by atoms with Gasteiger partial charge in [-0.25, -0.2) is 9.82 Å². The van der Waals surface area contributed by atoms with Gasteiger partial charge in [-0.2, -0.15) is 5.10 Å². The van der Waals surface area contributed by atoms with Crippen molar-refractivity contribution in [2.75, 3.05) is 6.61 Å². The molecule has 30 heavy (non-hydrogen) atoms. The minimum Gasteiger partial charge on any atom is -0.484 e. The molecule has 0 spiro atoms. The average Bonchev–Trinajstić information content (AvgIpc) is 3.00. The normalized spacial score (nSPS) is 11.1. The molecule has 6 heteroatoms. The number of nitrogens with zero attached hydrogens (tertiary/aromatic N) is 2. The summed E-state index contributed by atoms with van der Waals surface area (Å²) in [6.45, 7) is 7.88. The number of benzene rings is 2. The average molecular weight is 407 g/mol. The number of hydrazone groups is 1. The lowest BCUT2D eigenvalue weighted by Gasteiger charge is -2.09. The molecule has 5 nitrogen and oxygen atoms in total. The molecule has 1 N–H and O–H groups in total. The molecule has 0 atom stereocenters. The fourth-order valence-corrected chi connectivity index (χ4v) is 3.37. The summed E-state index contributed by atoms with van der Waals surface area (Å²) in [5.74, 6) is 0.0662. The number of aromatic nitrogens is 1. The predicted octanol–water partition coefficient (Wildman–Crippen LogP) is 4.63. The smallest absolute Gasteiger partial charge is 0.277 e. The van der Waals surface area contributed by atoms with Crippen LogP contribution >= 0.6 is 0 Å². The van der Waals surface area contributed by atoms with E-state index in [1.807, 2.05) is 43.5 Å². The maximum atomic E-state index is 13.2. The van der Waals surface area contributed by atoms with Gasteiger partial charge in [0.15, 0.2) is 6.61 Å². The van der Waals surface area contributed by atoms with Crippen molar-refractivity contribution >= 4 is 12.1 Å². The van der Waals surface area contributed by atoms with Crippen molar-refractivity contribution in [2.24, 2.45) is 5.10 Å². The Kier molecular flexibility index (Phi) is 6.67. The Balaban J connectivity index is 1.61. The molecule has 0 radical (unpaired) electrons. The summed E-state index contributed by atoms with van der Waals surface area (Å²) in [7, 11) is 0. The minimum absolute atomic E-state index is 0.113. The number of halogens is 1. The third-order valence-electron chi connectivity index (χ3n) is 4.84. The van der Waals surface area contributed by atoms with Gasteiger partial charge in [0.25, 0.3) is 5.91 Å². The van der Waals surface area contributed by atoms with E-state index < -0.39 is 0 Å². The summed E-state index contributed by atoms with van der Waals surface area (Å²) in [5.41, 5.74) is 8.42. The van der Waals surface area contributed by atoms with Gasteiger partial charge < -0.3 is 9.30 Å². The largest absolute Gasteiger partial charge is 0.484 e. The molecular weight excluding hydrogens is 381 g/mol. The first-order valence-corrected chi connectivity index (χ1v) is 9.87. The van der Waals surface area contributed by atoms with Crippen LogP contribution in [-0.4, -0.2) is 23.3 Å². The van der Waals surface area contributed by atoms with Crippen LogP contribution in [0.1, 0.15) is 35.0 Å². The molecule has 0 bridgehead atoms. The fraction of sp³-hybridized carbons (Fsp3) is 0.250. The Morgan fingerprint density at radius 2 is 1.87 bits per heavy atom. The Morgan fingerprint density at radius 3 is 2.57 bits per heavy atom. The van der Waals surface area contributed by atoms with Crippen molar-refractivity contribution in [3.05, 3.63) is 82.4 Å². The highest BCUT2D eigenvalue weighted by atomic mass is 19.1. The first kappa shape index (κ1) is 21.3. The van der Waals surface area contributed by atoms with Crippen LogP contribution in [0.15, 0.2) is 53.6 Å². The number of hydrogen-bond acceptors (Lipinski definition) is 3. The highest BCUT2D eigenvalue weighted by molar-refractivity contribution is 5.84. The quantitative estimate of drug-likeness (QED) is 0.458. The Morgan fingerprint density at radius 1 is 1.13 bits per heavy atom. The third-order valence-corrected chi connectivity index (χ3v) is 4.84. The van der Waals surface area contributed by atoms with Crippen LogP contribution in [0.4, 0.5) is 4.39 Å². The molecule has 2 aromatic carbocycles. The van der Waals surface area contributed by atoms with E-state index in [9.17, 15) is 9.18 Å². The molecule has 1 amide bonds. The first-order valence-electron chi connectivity index (χ1n) is 9.87. The van der Waals surface area contributed by atoms with E-state index in [1.54, 1.807) is 18.3 Å². The summed E-state index contributed by atoms with van der Waals surface area (Å²) in [6, 6.07) is 14.2. The molecule has 1 aromatic heterocycles. The van der Waals surface area contributed by atoms with Crippen molar-refractivity contribution in [1.29, 1.82) is 0 Å². The van der Waals surface area contributed by atoms with Crippen LogP contribution in [0.5, 0.6) is 5.75 Å². The number of nitrogens with one attached hydrogen (secondary N) is 1. The van der Waals surface area contributed by atoms with Gasteiger partial charge in [-0.3, -0.25) is 4.79 Å². The highest BCUT2D eigenvalue weighted by Gasteiger charge is 2.10. The molecule has 0 aliphatic heterocycles. The fourth-order valence-electron chi connectivity index (χ4n) is 3.37. The molecule has 0 saturated heterocycles. The topological polar surface area (TPSA) is 55.6 Å². The number of carbonyl (C=O) groups excluding carboxylic acids is 1. The summed E-state index contributed by atoms with van der Waals surface area (Å²) in [6.07, 6.45) is 2.51. The van der Waals surface area contributed by atoms with Gasteiger partial charge >= 0.3 is 0 Å². The Labute approximate surface area is 176 Å². The van der Waals surface area contributed by atoms with E-state index in [4.69, 9.17) is 4.74 Å². The van der Waals surface area contributed by atoms with Crippen molar-refractivity contribution in [3.8, 4) is 11.4 Å². The van der Waals surface area contributed by atoms with E-state index in [2.05, 4.69) is 23.5 Å². The molecule has 0 fully saturated rings. The number of rotatable bonds is 7. The maximum absolute atomic E-state index is 13.2. The second-order valence-corrected chi connectivity index (χ2v) is 7.23. The standard InChI is InChI=1S/C24H26FN3O2/c1-5-19-10-16(2)11-23(13-19)30-15-24(29)27-26-14-20-12-17(3)28(18(20)4)22-8-6-21(25)7-9-22/h6-14H,5,15H2,1-4H3,(H,27,29)/b26-14+. The Hall–Kier alpha value is -3.41. The summed E-state index contributed by atoms with van der Waals surface area (Å²) < 4.78 is 20.8. The SMILES string of the molecule is CCc1cc(C)cc(OCC(=O)N/N=C/c2cc(C)n(-c3ccc(F)cc3)c2C)c1. The van der Waals surface area contributed by atoms with Crippen LogP contribution in [-0.2, 0) is 11.2 Å². The molecular formula is C24H26FN3O2. The summed E-state index contributed by atoms with van der Waals surface area (Å²) >= 11 is 0. The van der Waals surface area contributed by atoms with Gasteiger partial charge in [-0.15, -0.1) is 0 Å². The number of ether oxygens (including phenoxy) is 1. The second-order valence-electron chi connectivity index (χ2n) is 7.23. The highest BCUT2D eigenvalue weighted by Crippen LogP contribution is 2.20. The first-order chi connectivity index (χ1) is 14.4. The number of aryl methyl sites for hydroxylation is 3. The van der Waals surface area contributed by atoms with Gasteiger partial charge in [0.2, 0.25) is 0 Å². The molecule has 0 unspecified atom stereocenters. The lowest BCUT2D eigenvalue weighted by Crippen LogP contribution is -2.24. The molecule has 156 valence electrons. The number of carbonyl (C=O) groups is 1. The van der Waals surface area contributed by atoms with E-state index in [0.717, 1.165) is 34.6 Å². The van der Waals surface area contributed by atoms with Gasteiger partial charge in [0.1, 0.15) is 11.6 Å². The summed E-state index contributed by atoms with van der Waals surface area (Å²) in [4.78, 5) is 12.1. The van der Waals surface area contributed by atoms with E-state index >= 15 is 0 Å². The predicted molar refractivity (Wildman–Crippen MR) is 117 cm³/mol. The van der Waals surface area contributed by atoms with Crippen LogP contribution < -0.4 is 10.2 Å². The van der Waals surface area contributed by atoms with Gasteiger partial charge in [-0.1, -0.05) is 13.0 Å². The van der Waals surface area contributed by atoms with Crippen LogP contribution in [0, 0.1) is 26.6 Å². The molecule has 0 aliphatic rings.